The number of hydrogen-bond acceptors (Lipinski definition) is 5. The van der Waals surface area contributed by atoms with Crippen LogP contribution in [0.3, 0.4) is 0 Å². The molecule has 1 heterocycles. The molecule has 108 valence electrons. The molecule has 0 spiro atoms. The van der Waals surface area contributed by atoms with E-state index >= 15 is 0 Å². The maximum Gasteiger partial charge on any atom is 0.258 e. The summed E-state index contributed by atoms with van der Waals surface area (Å²) in [5.41, 5.74) is 1.37. The Morgan fingerprint density at radius 2 is 2.15 bits per heavy atom. The van der Waals surface area contributed by atoms with E-state index < -0.39 is 6.10 Å². The van der Waals surface area contributed by atoms with Crippen LogP contribution >= 0.6 is 15.9 Å². The lowest BCUT2D eigenvalue weighted by Gasteiger charge is -2.08. The van der Waals surface area contributed by atoms with Crippen molar-refractivity contribution in [3.05, 3.63) is 33.8 Å². The molecular formula is C13H14BrFN2O3. The Kier molecular flexibility index (Phi) is 4.85. The Labute approximate surface area is 124 Å². The Morgan fingerprint density at radius 1 is 1.40 bits per heavy atom. The number of aromatic nitrogens is 2. The Bertz CT molecular complexity index is 603. The van der Waals surface area contributed by atoms with Crippen molar-refractivity contribution in [2.45, 2.75) is 13.0 Å². The van der Waals surface area contributed by atoms with Crippen molar-refractivity contribution in [3.63, 3.8) is 0 Å². The van der Waals surface area contributed by atoms with E-state index in [9.17, 15) is 4.39 Å². The average Bonchev–Trinajstić information content (AvgIpc) is 2.89. The molecule has 0 radical (unpaired) electrons. The number of rotatable bonds is 5. The van der Waals surface area contributed by atoms with Crippen LogP contribution in [0.25, 0.3) is 11.5 Å². The number of benzene rings is 1. The summed E-state index contributed by atoms with van der Waals surface area (Å²) in [7, 11) is 3.09. The molecule has 0 saturated heterocycles. The van der Waals surface area contributed by atoms with Crippen LogP contribution in [-0.4, -0.2) is 31.0 Å². The summed E-state index contributed by atoms with van der Waals surface area (Å²) in [4.78, 5) is 4.24. The number of halogens is 2. The van der Waals surface area contributed by atoms with Gasteiger partial charge in [-0.3, -0.25) is 0 Å². The van der Waals surface area contributed by atoms with E-state index in [0.29, 0.717) is 22.5 Å². The monoisotopic (exact) mass is 344 g/mol. The van der Waals surface area contributed by atoms with Crippen molar-refractivity contribution in [1.82, 2.24) is 10.1 Å². The van der Waals surface area contributed by atoms with Crippen molar-refractivity contribution in [2.75, 3.05) is 20.8 Å². The zero-order chi connectivity index (χ0) is 14.7. The average molecular weight is 345 g/mol. The van der Waals surface area contributed by atoms with Gasteiger partial charge in [0.05, 0.1) is 6.61 Å². The second-order valence-electron chi connectivity index (χ2n) is 4.20. The number of ether oxygens (including phenoxy) is 2. The molecule has 0 aliphatic carbocycles. The summed E-state index contributed by atoms with van der Waals surface area (Å²) in [6, 6.07) is 2.74. The first kappa shape index (κ1) is 15.1. The minimum Gasteiger partial charge on any atom is -0.381 e. The molecule has 0 amide bonds. The fraction of sp³-hybridized carbons (Fsp3) is 0.385. The van der Waals surface area contributed by atoms with Crippen LogP contribution in [0.1, 0.15) is 17.5 Å². The molecule has 1 unspecified atom stereocenters. The van der Waals surface area contributed by atoms with Crippen molar-refractivity contribution < 1.29 is 18.4 Å². The maximum atomic E-state index is 13.5. The zero-order valence-corrected chi connectivity index (χ0v) is 12.9. The van der Waals surface area contributed by atoms with Gasteiger partial charge in [0.2, 0.25) is 5.82 Å². The molecule has 0 saturated carbocycles. The molecule has 0 bridgehead atoms. The zero-order valence-electron chi connectivity index (χ0n) is 11.3. The molecule has 7 heteroatoms. The third kappa shape index (κ3) is 3.05. The SMILES string of the molecule is COCC(OC)c1noc(-c2cc(F)cc(Br)c2C)n1. The molecule has 20 heavy (non-hydrogen) atoms. The van der Waals surface area contributed by atoms with Crippen molar-refractivity contribution in [2.24, 2.45) is 0 Å². The number of hydrogen-bond donors (Lipinski definition) is 0. The molecule has 1 aromatic heterocycles. The first-order chi connectivity index (χ1) is 9.56. The van der Waals surface area contributed by atoms with Crippen molar-refractivity contribution >= 4 is 15.9 Å². The Hall–Kier alpha value is -1.31. The van der Waals surface area contributed by atoms with Crippen LogP contribution < -0.4 is 0 Å². The number of nitrogens with zero attached hydrogens (tertiary/aromatic N) is 2. The van der Waals surface area contributed by atoms with Gasteiger partial charge < -0.3 is 14.0 Å². The van der Waals surface area contributed by atoms with E-state index in [-0.39, 0.29) is 11.7 Å². The molecule has 1 aromatic carbocycles. The fourth-order valence-electron chi connectivity index (χ4n) is 1.74. The molecule has 0 N–H and O–H groups in total. The Morgan fingerprint density at radius 3 is 2.80 bits per heavy atom. The van der Waals surface area contributed by atoms with Crippen LogP contribution in [0.4, 0.5) is 4.39 Å². The second kappa shape index (κ2) is 6.43. The van der Waals surface area contributed by atoms with Crippen LogP contribution in [0.5, 0.6) is 0 Å². The highest BCUT2D eigenvalue weighted by molar-refractivity contribution is 9.10. The Balaban J connectivity index is 2.38. The lowest BCUT2D eigenvalue weighted by molar-refractivity contribution is 0.0209. The molecule has 0 aliphatic rings. The van der Waals surface area contributed by atoms with E-state index in [4.69, 9.17) is 14.0 Å². The minimum absolute atomic E-state index is 0.246. The predicted octanol–water partition coefficient (Wildman–Crippen LogP) is 3.28. The summed E-state index contributed by atoms with van der Waals surface area (Å²) in [5.74, 6) is 0.234. The van der Waals surface area contributed by atoms with Gasteiger partial charge in [0, 0.05) is 24.3 Å². The highest BCUT2D eigenvalue weighted by Gasteiger charge is 2.20. The van der Waals surface area contributed by atoms with Gasteiger partial charge in [-0.2, -0.15) is 4.98 Å². The summed E-state index contributed by atoms with van der Waals surface area (Å²) < 4.78 is 29.5. The molecule has 2 aromatic rings. The quantitative estimate of drug-likeness (QED) is 0.832. The lowest BCUT2D eigenvalue weighted by atomic mass is 10.1. The van der Waals surface area contributed by atoms with E-state index in [1.54, 1.807) is 7.11 Å². The first-order valence-corrected chi connectivity index (χ1v) is 6.67. The van der Waals surface area contributed by atoms with Crippen LogP contribution in [0.2, 0.25) is 0 Å². The highest BCUT2D eigenvalue weighted by atomic mass is 79.9. The molecule has 0 fully saturated rings. The summed E-state index contributed by atoms with van der Waals surface area (Å²) >= 11 is 3.29. The van der Waals surface area contributed by atoms with Gasteiger partial charge in [0.1, 0.15) is 11.9 Å². The topological polar surface area (TPSA) is 57.4 Å². The van der Waals surface area contributed by atoms with E-state index in [2.05, 4.69) is 26.1 Å². The summed E-state index contributed by atoms with van der Waals surface area (Å²) in [5, 5.41) is 3.85. The van der Waals surface area contributed by atoms with E-state index in [1.807, 2.05) is 6.92 Å². The van der Waals surface area contributed by atoms with Crippen molar-refractivity contribution in [1.29, 1.82) is 0 Å². The largest absolute Gasteiger partial charge is 0.381 e. The van der Waals surface area contributed by atoms with Gasteiger partial charge in [0.25, 0.3) is 5.89 Å². The molecule has 1 atom stereocenters. The standard InChI is InChI=1S/C13H14BrFN2O3/c1-7-9(4-8(15)5-10(7)14)13-16-12(17-20-13)11(19-3)6-18-2/h4-5,11H,6H2,1-3H3. The van der Waals surface area contributed by atoms with Gasteiger partial charge in [0.15, 0.2) is 0 Å². The maximum absolute atomic E-state index is 13.5. The van der Waals surface area contributed by atoms with Crippen LogP contribution in [-0.2, 0) is 9.47 Å². The van der Waals surface area contributed by atoms with Gasteiger partial charge in [-0.15, -0.1) is 0 Å². The fourth-order valence-corrected chi connectivity index (χ4v) is 2.17. The van der Waals surface area contributed by atoms with Crippen molar-refractivity contribution in [3.8, 4) is 11.5 Å². The van der Waals surface area contributed by atoms with E-state index in [1.165, 1.54) is 19.2 Å². The second-order valence-corrected chi connectivity index (χ2v) is 5.05. The molecular weight excluding hydrogens is 331 g/mol. The highest BCUT2D eigenvalue weighted by Crippen LogP contribution is 2.29. The van der Waals surface area contributed by atoms with Gasteiger partial charge >= 0.3 is 0 Å². The predicted molar refractivity (Wildman–Crippen MR) is 73.8 cm³/mol. The van der Waals surface area contributed by atoms with Crippen LogP contribution in [0, 0.1) is 12.7 Å². The third-order valence-electron chi connectivity index (χ3n) is 2.87. The number of methoxy groups -OCH3 is 2. The smallest absolute Gasteiger partial charge is 0.258 e. The van der Waals surface area contributed by atoms with E-state index in [0.717, 1.165) is 5.56 Å². The minimum atomic E-state index is -0.421. The van der Waals surface area contributed by atoms with Gasteiger partial charge in [-0.05, 0) is 24.6 Å². The molecule has 5 nitrogen and oxygen atoms in total. The summed E-state index contributed by atoms with van der Waals surface area (Å²) in [6.07, 6.45) is -0.421. The van der Waals surface area contributed by atoms with Crippen LogP contribution in [0.15, 0.2) is 21.1 Å². The van der Waals surface area contributed by atoms with Gasteiger partial charge in [-0.1, -0.05) is 21.1 Å². The van der Waals surface area contributed by atoms with Gasteiger partial charge in [-0.25, -0.2) is 4.39 Å². The summed E-state index contributed by atoms with van der Waals surface area (Å²) in [6.45, 7) is 2.15. The first-order valence-electron chi connectivity index (χ1n) is 5.88. The third-order valence-corrected chi connectivity index (χ3v) is 3.70. The normalized spacial score (nSPS) is 12.7. The molecule has 2 rings (SSSR count). The lowest BCUT2D eigenvalue weighted by Crippen LogP contribution is -2.10. The molecule has 0 aliphatic heterocycles.